The molecule has 0 N–H and O–H groups in total. The van der Waals surface area contributed by atoms with Gasteiger partial charge in [-0.05, 0) is 31.4 Å². The first-order valence-corrected chi connectivity index (χ1v) is 4.53. The van der Waals surface area contributed by atoms with E-state index < -0.39 is 0 Å². The highest BCUT2D eigenvalue weighted by atomic mass is 14.6. The van der Waals surface area contributed by atoms with Gasteiger partial charge in [-0.25, -0.2) is 0 Å². The molecular formula is C11H19N. The molecule has 1 heteroatoms. The first-order chi connectivity index (χ1) is 5.74. The van der Waals surface area contributed by atoms with E-state index in [0.29, 0.717) is 0 Å². The molecule has 0 fully saturated rings. The van der Waals surface area contributed by atoms with Crippen molar-refractivity contribution in [3.05, 3.63) is 23.3 Å². The third-order valence-electron chi connectivity index (χ3n) is 1.83. The van der Waals surface area contributed by atoms with Gasteiger partial charge in [-0.15, -0.1) is 0 Å². The fourth-order valence-corrected chi connectivity index (χ4v) is 1.02. The van der Waals surface area contributed by atoms with Crippen molar-refractivity contribution in [2.24, 2.45) is 4.99 Å². The topological polar surface area (TPSA) is 12.4 Å². The minimum absolute atomic E-state index is 1.14. The van der Waals surface area contributed by atoms with E-state index in [1.807, 2.05) is 12.3 Å². The Morgan fingerprint density at radius 3 is 2.25 bits per heavy atom. The zero-order valence-corrected chi connectivity index (χ0v) is 8.59. The van der Waals surface area contributed by atoms with Crippen molar-refractivity contribution in [1.29, 1.82) is 0 Å². The Morgan fingerprint density at radius 1 is 1.25 bits per heavy atom. The van der Waals surface area contributed by atoms with Gasteiger partial charge in [-0.1, -0.05) is 25.5 Å². The van der Waals surface area contributed by atoms with Crippen LogP contribution in [0.15, 0.2) is 28.3 Å². The first-order valence-electron chi connectivity index (χ1n) is 4.53. The average Bonchev–Trinajstić information content (AvgIpc) is 2.10. The number of rotatable bonds is 4. The Balaban J connectivity index is 4.28. The van der Waals surface area contributed by atoms with Crippen molar-refractivity contribution in [2.75, 3.05) is 7.05 Å². The summed E-state index contributed by atoms with van der Waals surface area (Å²) in [5.41, 5.74) is 2.77. The summed E-state index contributed by atoms with van der Waals surface area (Å²) in [7, 11) is 1.79. The van der Waals surface area contributed by atoms with Crippen LogP contribution in [0.5, 0.6) is 0 Å². The zero-order valence-electron chi connectivity index (χ0n) is 8.59. The first kappa shape index (κ1) is 11.2. The standard InChI is InChI=1S/C11H19N/c1-5-11(6-2)9-10(3)7-8-12-4/h7-9H,5-6H2,1-4H3. The van der Waals surface area contributed by atoms with Crippen LogP contribution in [0.1, 0.15) is 33.6 Å². The smallest absolute Gasteiger partial charge is 0.0277 e. The lowest BCUT2D eigenvalue weighted by molar-refractivity contribution is 0.974. The molecular weight excluding hydrogens is 146 g/mol. The second-order valence-corrected chi connectivity index (χ2v) is 2.83. The van der Waals surface area contributed by atoms with Crippen LogP contribution in [0.3, 0.4) is 0 Å². The van der Waals surface area contributed by atoms with Gasteiger partial charge in [0, 0.05) is 13.3 Å². The molecule has 0 aliphatic heterocycles. The molecule has 0 unspecified atom stereocenters. The third-order valence-corrected chi connectivity index (χ3v) is 1.83. The van der Waals surface area contributed by atoms with Crippen LogP contribution in [-0.2, 0) is 0 Å². The number of hydrogen-bond acceptors (Lipinski definition) is 1. The SMILES string of the molecule is CCC(=CC(C)=CC=NC)CC. The Kier molecular flexibility index (Phi) is 6.35. The summed E-state index contributed by atoms with van der Waals surface area (Å²) < 4.78 is 0. The lowest BCUT2D eigenvalue weighted by Crippen LogP contribution is -1.79. The van der Waals surface area contributed by atoms with E-state index >= 15 is 0 Å². The number of hydrogen-bond donors (Lipinski definition) is 0. The summed E-state index contributed by atoms with van der Waals surface area (Å²) in [5.74, 6) is 0. The maximum Gasteiger partial charge on any atom is 0.0277 e. The maximum absolute atomic E-state index is 3.90. The van der Waals surface area contributed by atoms with Crippen LogP contribution < -0.4 is 0 Å². The molecule has 12 heavy (non-hydrogen) atoms. The van der Waals surface area contributed by atoms with E-state index in [2.05, 4.69) is 31.8 Å². The molecule has 0 saturated carbocycles. The van der Waals surface area contributed by atoms with Crippen LogP contribution in [0, 0.1) is 0 Å². The minimum Gasteiger partial charge on any atom is -0.297 e. The maximum atomic E-state index is 3.90. The predicted octanol–water partition coefficient (Wildman–Crippen LogP) is 3.38. The van der Waals surface area contributed by atoms with Gasteiger partial charge in [-0.2, -0.15) is 0 Å². The summed E-state index contributed by atoms with van der Waals surface area (Å²) in [4.78, 5) is 3.90. The summed E-state index contributed by atoms with van der Waals surface area (Å²) in [6, 6.07) is 0. The molecule has 1 nitrogen and oxygen atoms in total. The molecule has 0 saturated heterocycles. The normalized spacial score (nSPS) is 12.2. The summed E-state index contributed by atoms with van der Waals surface area (Å²) in [6.45, 7) is 6.49. The van der Waals surface area contributed by atoms with Gasteiger partial charge in [0.25, 0.3) is 0 Å². The van der Waals surface area contributed by atoms with Gasteiger partial charge in [0.15, 0.2) is 0 Å². The zero-order chi connectivity index (χ0) is 9.40. The summed E-state index contributed by atoms with van der Waals surface area (Å²) in [6.07, 6.45) is 8.39. The molecule has 0 aliphatic rings. The van der Waals surface area contributed by atoms with Crippen molar-refractivity contribution in [2.45, 2.75) is 33.6 Å². The molecule has 0 amide bonds. The monoisotopic (exact) mass is 165 g/mol. The van der Waals surface area contributed by atoms with Crippen LogP contribution in [-0.4, -0.2) is 13.3 Å². The predicted molar refractivity (Wildman–Crippen MR) is 56.8 cm³/mol. The van der Waals surface area contributed by atoms with E-state index in [4.69, 9.17) is 0 Å². The minimum atomic E-state index is 1.14. The quantitative estimate of drug-likeness (QED) is 0.447. The largest absolute Gasteiger partial charge is 0.297 e. The van der Waals surface area contributed by atoms with Gasteiger partial charge in [0.1, 0.15) is 0 Å². The molecule has 0 rings (SSSR count). The van der Waals surface area contributed by atoms with E-state index in [1.165, 1.54) is 11.1 Å². The fraction of sp³-hybridized carbons (Fsp3) is 0.545. The molecule has 0 bridgehead atoms. The van der Waals surface area contributed by atoms with Crippen LogP contribution in [0.4, 0.5) is 0 Å². The lowest BCUT2D eigenvalue weighted by Gasteiger charge is -1.98. The van der Waals surface area contributed by atoms with Gasteiger partial charge in [0.2, 0.25) is 0 Å². The summed E-state index contributed by atoms with van der Waals surface area (Å²) >= 11 is 0. The molecule has 0 atom stereocenters. The average molecular weight is 165 g/mol. The van der Waals surface area contributed by atoms with Crippen molar-refractivity contribution in [3.63, 3.8) is 0 Å². The molecule has 0 aromatic heterocycles. The van der Waals surface area contributed by atoms with E-state index in [-0.39, 0.29) is 0 Å². The van der Waals surface area contributed by atoms with Crippen molar-refractivity contribution in [1.82, 2.24) is 0 Å². The molecule has 0 heterocycles. The van der Waals surface area contributed by atoms with Gasteiger partial charge in [0.05, 0.1) is 0 Å². The Hall–Kier alpha value is -0.850. The Labute approximate surface area is 75.9 Å². The Bertz CT molecular complexity index is 191. The van der Waals surface area contributed by atoms with Crippen molar-refractivity contribution < 1.29 is 0 Å². The number of aliphatic imine (C=N–C) groups is 1. The van der Waals surface area contributed by atoms with Crippen molar-refractivity contribution >= 4 is 6.21 Å². The lowest BCUT2D eigenvalue weighted by atomic mass is 10.1. The number of allylic oxidation sites excluding steroid dienone is 4. The fourth-order valence-electron chi connectivity index (χ4n) is 1.02. The molecule has 0 radical (unpaired) electrons. The summed E-state index contributed by atoms with van der Waals surface area (Å²) in [5, 5.41) is 0. The second kappa shape index (κ2) is 6.84. The third kappa shape index (κ3) is 4.89. The molecule has 0 aromatic carbocycles. The van der Waals surface area contributed by atoms with Crippen molar-refractivity contribution in [3.8, 4) is 0 Å². The van der Waals surface area contributed by atoms with E-state index in [1.54, 1.807) is 7.05 Å². The molecule has 0 spiro atoms. The van der Waals surface area contributed by atoms with Gasteiger partial charge in [-0.3, -0.25) is 4.99 Å². The highest BCUT2D eigenvalue weighted by Gasteiger charge is 1.89. The van der Waals surface area contributed by atoms with E-state index in [0.717, 1.165) is 12.8 Å². The molecule has 0 aliphatic carbocycles. The van der Waals surface area contributed by atoms with Crippen LogP contribution in [0.25, 0.3) is 0 Å². The van der Waals surface area contributed by atoms with Gasteiger partial charge >= 0.3 is 0 Å². The number of nitrogens with zero attached hydrogens (tertiary/aromatic N) is 1. The second-order valence-electron chi connectivity index (χ2n) is 2.83. The Morgan fingerprint density at radius 2 is 1.83 bits per heavy atom. The van der Waals surface area contributed by atoms with E-state index in [9.17, 15) is 0 Å². The highest BCUT2D eigenvalue weighted by Crippen LogP contribution is 2.08. The molecule has 68 valence electrons. The molecule has 0 aromatic rings. The van der Waals surface area contributed by atoms with Crippen LogP contribution >= 0.6 is 0 Å². The van der Waals surface area contributed by atoms with Crippen LogP contribution in [0.2, 0.25) is 0 Å². The highest BCUT2D eigenvalue weighted by molar-refractivity contribution is 5.72. The van der Waals surface area contributed by atoms with Gasteiger partial charge < -0.3 is 0 Å².